The molecule has 4 nitrogen and oxygen atoms in total. The van der Waals surface area contributed by atoms with Crippen LogP contribution in [0, 0.1) is 17.6 Å². The predicted molar refractivity (Wildman–Crippen MR) is 72.8 cm³/mol. The lowest BCUT2D eigenvalue weighted by Gasteiger charge is -2.25. The Bertz CT molecular complexity index is 496. The fourth-order valence-corrected chi connectivity index (χ4v) is 2.49. The Hall–Kier alpha value is -1.69. The van der Waals surface area contributed by atoms with Crippen LogP contribution in [0.3, 0.4) is 0 Å². The van der Waals surface area contributed by atoms with Crippen LogP contribution in [0.1, 0.15) is 25.7 Å². The number of carbonyl (C=O) groups is 1. The first kappa shape index (κ1) is 15.7. The van der Waals surface area contributed by atoms with Crippen molar-refractivity contribution in [3.05, 3.63) is 29.8 Å². The molecular weight excluding hydrogens is 280 g/mol. The van der Waals surface area contributed by atoms with Crippen LogP contribution in [-0.4, -0.2) is 30.3 Å². The summed E-state index contributed by atoms with van der Waals surface area (Å²) in [7, 11) is 0. The van der Waals surface area contributed by atoms with Crippen LogP contribution < -0.4 is 10.1 Å². The third-order valence-electron chi connectivity index (χ3n) is 3.60. The fourth-order valence-electron chi connectivity index (χ4n) is 2.49. The second-order valence-corrected chi connectivity index (χ2v) is 5.35. The van der Waals surface area contributed by atoms with Crippen molar-refractivity contribution in [1.82, 2.24) is 5.32 Å². The second-order valence-electron chi connectivity index (χ2n) is 5.35. The van der Waals surface area contributed by atoms with Crippen molar-refractivity contribution in [1.29, 1.82) is 0 Å². The summed E-state index contributed by atoms with van der Waals surface area (Å²) in [6.45, 7) is 0.156. The molecule has 2 unspecified atom stereocenters. The number of rotatable bonds is 5. The van der Waals surface area contributed by atoms with E-state index in [1.165, 1.54) is 0 Å². The van der Waals surface area contributed by atoms with Crippen molar-refractivity contribution in [3.63, 3.8) is 0 Å². The zero-order valence-corrected chi connectivity index (χ0v) is 11.6. The van der Waals surface area contributed by atoms with E-state index in [9.17, 15) is 18.7 Å². The van der Waals surface area contributed by atoms with Gasteiger partial charge < -0.3 is 15.2 Å². The Morgan fingerprint density at radius 2 is 2.19 bits per heavy atom. The van der Waals surface area contributed by atoms with Crippen molar-refractivity contribution < 1.29 is 23.4 Å². The molecule has 0 spiro atoms. The molecule has 1 saturated carbocycles. The molecule has 21 heavy (non-hydrogen) atoms. The number of hydrogen-bond acceptors (Lipinski definition) is 3. The quantitative estimate of drug-likeness (QED) is 0.874. The minimum atomic E-state index is -0.835. The van der Waals surface area contributed by atoms with E-state index in [1.54, 1.807) is 0 Å². The molecule has 2 N–H and O–H groups in total. The van der Waals surface area contributed by atoms with Gasteiger partial charge in [-0.2, -0.15) is 0 Å². The lowest BCUT2D eigenvalue weighted by Crippen LogP contribution is -2.35. The summed E-state index contributed by atoms with van der Waals surface area (Å²) in [5, 5.41) is 12.2. The van der Waals surface area contributed by atoms with Gasteiger partial charge in [-0.05, 0) is 37.3 Å². The first-order valence-electron chi connectivity index (χ1n) is 7.07. The standard InChI is InChI=1S/C15H19F2NO3/c16-11-4-5-14(13(17)7-11)21-9-15(20)18-8-10-2-1-3-12(19)6-10/h4-5,7,10,12,19H,1-3,6,8-9H2,(H,18,20). The van der Waals surface area contributed by atoms with Gasteiger partial charge in [-0.3, -0.25) is 4.79 Å². The molecule has 1 aliphatic rings. The third-order valence-corrected chi connectivity index (χ3v) is 3.60. The summed E-state index contributed by atoms with van der Waals surface area (Å²) < 4.78 is 31.0. The van der Waals surface area contributed by atoms with Gasteiger partial charge in [0.15, 0.2) is 18.2 Å². The molecule has 2 atom stereocenters. The summed E-state index contributed by atoms with van der Waals surface area (Å²) in [6, 6.07) is 2.92. The SMILES string of the molecule is O=C(COc1ccc(F)cc1F)NCC1CCCC(O)C1. The van der Waals surface area contributed by atoms with Crippen LogP contribution >= 0.6 is 0 Å². The van der Waals surface area contributed by atoms with Crippen LogP contribution in [0.4, 0.5) is 8.78 Å². The molecule has 0 radical (unpaired) electrons. The number of nitrogens with one attached hydrogen (secondary N) is 1. The van der Waals surface area contributed by atoms with E-state index < -0.39 is 11.6 Å². The number of benzene rings is 1. The lowest BCUT2D eigenvalue weighted by molar-refractivity contribution is -0.123. The molecule has 1 aromatic rings. The second kappa shape index (κ2) is 7.36. The highest BCUT2D eigenvalue weighted by Crippen LogP contribution is 2.23. The monoisotopic (exact) mass is 299 g/mol. The van der Waals surface area contributed by atoms with Gasteiger partial charge in [0, 0.05) is 12.6 Å². The molecule has 1 aliphatic carbocycles. The van der Waals surface area contributed by atoms with Crippen molar-refractivity contribution >= 4 is 5.91 Å². The van der Waals surface area contributed by atoms with Gasteiger partial charge in [0.1, 0.15) is 5.82 Å². The molecule has 0 bridgehead atoms. The topological polar surface area (TPSA) is 58.6 Å². The zero-order valence-electron chi connectivity index (χ0n) is 11.6. The largest absolute Gasteiger partial charge is 0.481 e. The van der Waals surface area contributed by atoms with Gasteiger partial charge in [-0.15, -0.1) is 0 Å². The predicted octanol–water partition coefficient (Wildman–Crippen LogP) is 2.01. The Labute approximate surface area is 122 Å². The molecule has 0 aliphatic heterocycles. The van der Waals surface area contributed by atoms with Crippen LogP contribution in [-0.2, 0) is 4.79 Å². The average Bonchev–Trinajstić information content (AvgIpc) is 2.44. The molecule has 116 valence electrons. The average molecular weight is 299 g/mol. The number of aliphatic hydroxyl groups excluding tert-OH is 1. The zero-order chi connectivity index (χ0) is 15.2. The first-order chi connectivity index (χ1) is 10.0. The van der Waals surface area contributed by atoms with E-state index in [0.29, 0.717) is 19.0 Å². The van der Waals surface area contributed by atoms with Crippen LogP contribution in [0.15, 0.2) is 18.2 Å². The number of carbonyl (C=O) groups excluding carboxylic acids is 1. The van der Waals surface area contributed by atoms with E-state index in [4.69, 9.17) is 4.74 Å². The molecule has 1 aromatic carbocycles. The summed E-state index contributed by atoms with van der Waals surface area (Å²) in [5.41, 5.74) is 0. The highest BCUT2D eigenvalue weighted by Gasteiger charge is 2.20. The Balaban J connectivity index is 1.72. The number of ether oxygens (including phenoxy) is 1. The Kier molecular flexibility index (Phi) is 5.50. The molecule has 0 saturated heterocycles. The molecule has 0 heterocycles. The minimum absolute atomic E-state index is 0.153. The van der Waals surface area contributed by atoms with Crippen LogP contribution in [0.25, 0.3) is 0 Å². The number of amides is 1. The minimum Gasteiger partial charge on any atom is -0.481 e. The van der Waals surface area contributed by atoms with E-state index in [2.05, 4.69) is 5.32 Å². The van der Waals surface area contributed by atoms with Crippen molar-refractivity contribution in [2.24, 2.45) is 5.92 Å². The maximum Gasteiger partial charge on any atom is 0.257 e. The van der Waals surface area contributed by atoms with Gasteiger partial charge in [0.25, 0.3) is 5.91 Å². The Morgan fingerprint density at radius 3 is 2.90 bits per heavy atom. The summed E-state index contributed by atoms with van der Waals surface area (Å²) in [4.78, 5) is 11.6. The molecule has 6 heteroatoms. The first-order valence-corrected chi connectivity index (χ1v) is 7.07. The smallest absolute Gasteiger partial charge is 0.257 e. The van der Waals surface area contributed by atoms with Gasteiger partial charge in [0.2, 0.25) is 0 Å². The molecule has 1 amide bonds. The van der Waals surface area contributed by atoms with Gasteiger partial charge in [-0.1, -0.05) is 6.42 Å². The molecule has 0 aromatic heterocycles. The maximum absolute atomic E-state index is 13.3. The molecule has 2 rings (SSSR count). The fraction of sp³-hybridized carbons (Fsp3) is 0.533. The van der Waals surface area contributed by atoms with Gasteiger partial charge in [-0.25, -0.2) is 8.78 Å². The number of halogens is 2. The normalized spacial score (nSPS) is 21.9. The summed E-state index contributed by atoms with van der Waals surface area (Å²) >= 11 is 0. The third kappa shape index (κ3) is 4.97. The highest BCUT2D eigenvalue weighted by molar-refractivity contribution is 5.77. The van der Waals surface area contributed by atoms with E-state index in [1.807, 2.05) is 0 Å². The highest BCUT2D eigenvalue weighted by atomic mass is 19.1. The van der Waals surface area contributed by atoms with Crippen molar-refractivity contribution in [2.45, 2.75) is 31.8 Å². The van der Waals surface area contributed by atoms with Gasteiger partial charge in [0.05, 0.1) is 6.10 Å². The number of hydrogen-bond donors (Lipinski definition) is 2. The van der Waals surface area contributed by atoms with E-state index >= 15 is 0 Å². The van der Waals surface area contributed by atoms with Crippen molar-refractivity contribution in [2.75, 3.05) is 13.2 Å². The lowest BCUT2D eigenvalue weighted by atomic mass is 9.87. The van der Waals surface area contributed by atoms with E-state index in [0.717, 1.165) is 31.4 Å². The Morgan fingerprint density at radius 1 is 1.38 bits per heavy atom. The molecular formula is C15H19F2NO3. The molecule has 1 fully saturated rings. The van der Waals surface area contributed by atoms with E-state index in [-0.39, 0.29) is 30.3 Å². The summed E-state index contributed by atoms with van der Waals surface area (Å²) in [5.74, 6) is -1.78. The van der Waals surface area contributed by atoms with Crippen LogP contribution in [0.2, 0.25) is 0 Å². The summed E-state index contributed by atoms with van der Waals surface area (Å²) in [6.07, 6.45) is 3.15. The van der Waals surface area contributed by atoms with Gasteiger partial charge >= 0.3 is 0 Å². The van der Waals surface area contributed by atoms with Crippen LogP contribution in [0.5, 0.6) is 5.75 Å². The maximum atomic E-state index is 13.3. The van der Waals surface area contributed by atoms with Crippen molar-refractivity contribution in [3.8, 4) is 5.75 Å². The number of aliphatic hydroxyl groups is 1.